The Morgan fingerprint density at radius 2 is 1.69 bits per heavy atom. The van der Waals surface area contributed by atoms with E-state index in [-0.39, 0.29) is 36.4 Å². The number of benzene rings is 2. The summed E-state index contributed by atoms with van der Waals surface area (Å²) in [6.45, 7) is 0.780. The van der Waals surface area contributed by atoms with Gasteiger partial charge in [-0.2, -0.15) is 0 Å². The van der Waals surface area contributed by atoms with Gasteiger partial charge < -0.3 is 15.4 Å². The van der Waals surface area contributed by atoms with Crippen LogP contribution in [0.2, 0.25) is 0 Å². The molecule has 0 saturated heterocycles. The van der Waals surface area contributed by atoms with Gasteiger partial charge in [-0.25, -0.2) is 22.3 Å². The molecule has 0 aromatic heterocycles. The van der Waals surface area contributed by atoms with Crippen LogP contribution in [0.3, 0.4) is 0 Å². The number of carbonyl (C=O) groups excluding carboxylic acids is 1. The monoisotopic (exact) mass is 381 g/mol. The molecule has 3 N–H and O–H groups in total. The number of amides is 2. The first kappa shape index (κ1) is 19.7. The lowest BCUT2D eigenvalue weighted by Gasteiger charge is -2.09. The van der Waals surface area contributed by atoms with E-state index in [0.29, 0.717) is 5.75 Å². The van der Waals surface area contributed by atoms with Crippen LogP contribution in [0.4, 0.5) is 9.18 Å². The van der Waals surface area contributed by atoms with Crippen molar-refractivity contribution in [2.24, 2.45) is 0 Å². The van der Waals surface area contributed by atoms with Crippen molar-refractivity contribution >= 4 is 16.1 Å². The van der Waals surface area contributed by atoms with E-state index in [2.05, 4.69) is 15.4 Å². The standard InChI is InChI=1S/C17H20FN3O4S/c1-19-26(23,24)16-8-2-13(3-9-16)12-21-17(22)20-10-11-25-15-6-4-14(18)5-7-15/h2-9,19H,10-12H2,1H3,(H2,20,21,22). The van der Waals surface area contributed by atoms with Gasteiger partial charge in [0.15, 0.2) is 0 Å². The average molecular weight is 381 g/mol. The van der Waals surface area contributed by atoms with E-state index in [0.717, 1.165) is 5.56 Å². The fourth-order valence-corrected chi connectivity index (χ4v) is 2.74. The Hall–Kier alpha value is -2.65. The van der Waals surface area contributed by atoms with Crippen molar-refractivity contribution in [2.45, 2.75) is 11.4 Å². The molecule has 0 atom stereocenters. The Morgan fingerprint density at radius 3 is 2.31 bits per heavy atom. The van der Waals surface area contributed by atoms with Gasteiger partial charge in [0.05, 0.1) is 11.4 Å². The largest absolute Gasteiger partial charge is 0.492 e. The number of ether oxygens (including phenoxy) is 1. The normalized spacial score (nSPS) is 11.0. The first-order valence-electron chi connectivity index (χ1n) is 7.83. The summed E-state index contributed by atoms with van der Waals surface area (Å²) >= 11 is 0. The van der Waals surface area contributed by atoms with Crippen LogP contribution < -0.4 is 20.1 Å². The van der Waals surface area contributed by atoms with Crippen LogP contribution in [0.15, 0.2) is 53.4 Å². The fraction of sp³-hybridized carbons (Fsp3) is 0.235. The zero-order valence-corrected chi connectivity index (χ0v) is 15.0. The molecule has 26 heavy (non-hydrogen) atoms. The zero-order valence-electron chi connectivity index (χ0n) is 14.2. The fourth-order valence-electron chi connectivity index (χ4n) is 2.01. The lowest BCUT2D eigenvalue weighted by atomic mass is 10.2. The first-order chi connectivity index (χ1) is 12.4. The minimum Gasteiger partial charge on any atom is -0.492 e. The van der Waals surface area contributed by atoms with Crippen molar-refractivity contribution < 1.29 is 22.3 Å². The molecule has 0 aliphatic carbocycles. The van der Waals surface area contributed by atoms with Crippen LogP contribution in [-0.2, 0) is 16.6 Å². The summed E-state index contributed by atoms with van der Waals surface area (Å²) in [5.41, 5.74) is 0.762. The molecule has 0 aliphatic rings. The number of urea groups is 1. The third-order valence-electron chi connectivity index (χ3n) is 3.43. The van der Waals surface area contributed by atoms with E-state index in [1.165, 1.54) is 43.4 Å². The number of halogens is 1. The third kappa shape index (κ3) is 6.01. The number of hydrogen-bond acceptors (Lipinski definition) is 4. The van der Waals surface area contributed by atoms with Crippen LogP contribution in [0.25, 0.3) is 0 Å². The van der Waals surface area contributed by atoms with Crippen molar-refractivity contribution in [3.05, 3.63) is 59.9 Å². The van der Waals surface area contributed by atoms with Crippen LogP contribution in [0.5, 0.6) is 5.75 Å². The molecule has 9 heteroatoms. The Morgan fingerprint density at radius 1 is 1.04 bits per heavy atom. The van der Waals surface area contributed by atoms with E-state index in [9.17, 15) is 17.6 Å². The van der Waals surface area contributed by atoms with Crippen molar-refractivity contribution in [3.8, 4) is 5.75 Å². The van der Waals surface area contributed by atoms with Gasteiger partial charge in [0, 0.05) is 6.54 Å². The molecule has 0 bridgehead atoms. The van der Waals surface area contributed by atoms with Gasteiger partial charge in [0.1, 0.15) is 18.2 Å². The number of nitrogens with one attached hydrogen (secondary N) is 3. The molecule has 0 saturated carbocycles. The summed E-state index contributed by atoms with van der Waals surface area (Å²) in [5.74, 6) is 0.177. The summed E-state index contributed by atoms with van der Waals surface area (Å²) in [5, 5.41) is 5.28. The molecular weight excluding hydrogens is 361 g/mol. The molecule has 0 fully saturated rings. The summed E-state index contributed by atoms with van der Waals surface area (Å²) in [6, 6.07) is 11.4. The quantitative estimate of drug-likeness (QED) is 0.606. The molecule has 7 nitrogen and oxygen atoms in total. The number of sulfonamides is 1. The summed E-state index contributed by atoms with van der Waals surface area (Å²) < 4.78 is 43.6. The topological polar surface area (TPSA) is 96.5 Å². The predicted octanol–water partition coefficient (Wildman–Crippen LogP) is 1.61. The Kier molecular flexibility index (Phi) is 6.93. The van der Waals surface area contributed by atoms with E-state index < -0.39 is 10.0 Å². The summed E-state index contributed by atoms with van der Waals surface area (Å²) in [6.07, 6.45) is 0. The Bertz CT molecular complexity index is 824. The second-order valence-electron chi connectivity index (χ2n) is 5.26. The lowest BCUT2D eigenvalue weighted by molar-refractivity contribution is 0.236. The van der Waals surface area contributed by atoms with Crippen LogP contribution in [0, 0.1) is 5.82 Å². The van der Waals surface area contributed by atoms with Crippen molar-refractivity contribution in [1.82, 2.24) is 15.4 Å². The number of carbonyl (C=O) groups is 1. The highest BCUT2D eigenvalue weighted by Gasteiger charge is 2.10. The van der Waals surface area contributed by atoms with Gasteiger partial charge in [-0.15, -0.1) is 0 Å². The highest BCUT2D eigenvalue weighted by molar-refractivity contribution is 7.89. The van der Waals surface area contributed by atoms with Crippen molar-refractivity contribution in [3.63, 3.8) is 0 Å². The first-order valence-corrected chi connectivity index (χ1v) is 9.31. The zero-order chi connectivity index (χ0) is 19.0. The summed E-state index contributed by atoms with van der Waals surface area (Å²) in [4.78, 5) is 11.9. The average Bonchev–Trinajstić information content (AvgIpc) is 2.65. The molecule has 0 unspecified atom stereocenters. The predicted molar refractivity (Wildman–Crippen MR) is 94.8 cm³/mol. The van der Waals surface area contributed by atoms with Gasteiger partial charge in [-0.3, -0.25) is 0 Å². The second kappa shape index (κ2) is 9.16. The van der Waals surface area contributed by atoms with Gasteiger partial charge in [-0.1, -0.05) is 12.1 Å². The highest BCUT2D eigenvalue weighted by atomic mass is 32.2. The Labute approximate surface area is 151 Å². The van der Waals surface area contributed by atoms with Crippen LogP contribution in [0.1, 0.15) is 5.56 Å². The molecule has 2 amide bonds. The molecular formula is C17H20FN3O4S. The lowest BCUT2D eigenvalue weighted by Crippen LogP contribution is -2.37. The van der Waals surface area contributed by atoms with Gasteiger partial charge in [-0.05, 0) is 49.0 Å². The molecule has 0 aliphatic heterocycles. The van der Waals surface area contributed by atoms with Crippen LogP contribution in [-0.4, -0.2) is 34.6 Å². The molecule has 2 rings (SSSR count). The van der Waals surface area contributed by atoms with Crippen LogP contribution >= 0.6 is 0 Å². The molecule has 0 spiro atoms. The molecule has 140 valence electrons. The van der Waals surface area contributed by atoms with E-state index >= 15 is 0 Å². The highest BCUT2D eigenvalue weighted by Crippen LogP contribution is 2.11. The molecule has 0 radical (unpaired) electrons. The number of rotatable bonds is 8. The Balaban J connectivity index is 1.69. The van der Waals surface area contributed by atoms with Gasteiger partial charge in [0.2, 0.25) is 10.0 Å². The SMILES string of the molecule is CNS(=O)(=O)c1ccc(CNC(=O)NCCOc2ccc(F)cc2)cc1. The minimum atomic E-state index is -3.47. The van der Waals surface area contributed by atoms with E-state index in [4.69, 9.17) is 4.74 Å². The maximum Gasteiger partial charge on any atom is 0.315 e. The maximum atomic E-state index is 12.8. The summed E-state index contributed by atoms with van der Waals surface area (Å²) in [7, 11) is -2.13. The maximum absolute atomic E-state index is 12.8. The van der Waals surface area contributed by atoms with Crippen molar-refractivity contribution in [2.75, 3.05) is 20.2 Å². The van der Waals surface area contributed by atoms with Crippen molar-refractivity contribution in [1.29, 1.82) is 0 Å². The number of hydrogen-bond donors (Lipinski definition) is 3. The molecule has 2 aromatic rings. The third-order valence-corrected chi connectivity index (χ3v) is 4.86. The molecule has 0 heterocycles. The van der Waals surface area contributed by atoms with E-state index in [1.54, 1.807) is 12.1 Å². The van der Waals surface area contributed by atoms with E-state index in [1.807, 2.05) is 0 Å². The molecule has 2 aromatic carbocycles. The van der Waals surface area contributed by atoms with Gasteiger partial charge >= 0.3 is 6.03 Å². The second-order valence-corrected chi connectivity index (χ2v) is 7.15. The minimum absolute atomic E-state index is 0.158. The van der Waals surface area contributed by atoms with Gasteiger partial charge in [0.25, 0.3) is 0 Å². The smallest absolute Gasteiger partial charge is 0.315 e.